The van der Waals surface area contributed by atoms with E-state index in [1.165, 1.54) is 13.2 Å². The number of thiazole rings is 1. The van der Waals surface area contributed by atoms with Crippen molar-refractivity contribution >= 4 is 27.2 Å². The molecule has 3 aromatic rings. The van der Waals surface area contributed by atoms with Crippen LogP contribution in [-0.4, -0.2) is 12.1 Å². The molecule has 0 spiro atoms. The molecule has 0 bridgehead atoms. The molecular weight excluding hydrogens is 275 g/mol. The molecule has 0 aliphatic rings. The van der Waals surface area contributed by atoms with Crippen LogP contribution in [0, 0.1) is 5.82 Å². The number of benzene rings is 2. The van der Waals surface area contributed by atoms with Crippen molar-refractivity contribution in [2.75, 3.05) is 12.4 Å². The van der Waals surface area contributed by atoms with E-state index in [0.717, 1.165) is 15.9 Å². The number of nitrogens with zero attached hydrogens (tertiary/aromatic N) is 1. The van der Waals surface area contributed by atoms with Gasteiger partial charge in [0.05, 0.1) is 22.8 Å². The maximum Gasteiger partial charge on any atom is 0.131 e. The van der Waals surface area contributed by atoms with Gasteiger partial charge in [0, 0.05) is 23.9 Å². The summed E-state index contributed by atoms with van der Waals surface area (Å²) < 4.78 is 19.9. The summed E-state index contributed by atoms with van der Waals surface area (Å²) in [7, 11) is 1.52. The van der Waals surface area contributed by atoms with Crippen molar-refractivity contribution in [3.8, 4) is 5.75 Å². The zero-order valence-corrected chi connectivity index (χ0v) is 11.7. The minimum absolute atomic E-state index is 0.268. The molecule has 1 aromatic heterocycles. The molecule has 2 aromatic carbocycles. The van der Waals surface area contributed by atoms with Crippen molar-refractivity contribution in [1.82, 2.24) is 4.98 Å². The van der Waals surface area contributed by atoms with E-state index in [4.69, 9.17) is 4.74 Å². The standard InChI is InChI=1S/C15H13FN2OS/c1-19-12-4-2-10(13(16)7-12)8-17-11-3-5-14-15(6-11)20-9-18-14/h2-7,9,17H,8H2,1H3. The lowest BCUT2D eigenvalue weighted by atomic mass is 10.2. The molecule has 0 aliphatic heterocycles. The Balaban J connectivity index is 1.75. The first-order chi connectivity index (χ1) is 9.76. The third kappa shape index (κ3) is 2.58. The lowest BCUT2D eigenvalue weighted by Gasteiger charge is -2.08. The van der Waals surface area contributed by atoms with Crippen molar-refractivity contribution in [3.63, 3.8) is 0 Å². The van der Waals surface area contributed by atoms with Gasteiger partial charge in [-0.15, -0.1) is 11.3 Å². The number of halogens is 1. The Hall–Kier alpha value is -2.14. The molecule has 0 atom stereocenters. The zero-order chi connectivity index (χ0) is 13.9. The Labute approximate surface area is 120 Å². The molecule has 0 radical (unpaired) electrons. The Bertz CT molecular complexity index is 742. The lowest BCUT2D eigenvalue weighted by Crippen LogP contribution is -2.02. The van der Waals surface area contributed by atoms with Gasteiger partial charge in [-0.05, 0) is 24.3 Å². The number of nitrogens with one attached hydrogen (secondary N) is 1. The third-order valence-corrected chi connectivity index (χ3v) is 3.87. The lowest BCUT2D eigenvalue weighted by molar-refractivity contribution is 0.411. The van der Waals surface area contributed by atoms with Gasteiger partial charge >= 0.3 is 0 Å². The second kappa shape index (κ2) is 5.46. The van der Waals surface area contributed by atoms with E-state index in [0.29, 0.717) is 17.9 Å². The van der Waals surface area contributed by atoms with E-state index in [1.807, 2.05) is 23.7 Å². The summed E-state index contributed by atoms with van der Waals surface area (Å²) in [5, 5.41) is 3.22. The summed E-state index contributed by atoms with van der Waals surface area (Å²) in [6.45, 7) is 0.431. The van der Waals surface area contributed by atoms with Gasteiger partial charge in [-0.25, -0.2) is 9.37 Å². The fourth-order valence-corrected chi connectivity index (χ4v) is 2.68. The highest BCUT2D eigenvalue weighted by Crippen LogP contribution is 2.23. The highest BCUT2D eigenvalue weighted by atomic mass is 32.1. The summed E-state index contributed by atoms with van der Waals surface area (Å²) in [6, 6.07) is 10.8. The monoisotopic (exact) mass is 288 g/mol. The SMILES string of the molecule is COc1ccc(CNc2ccc3ncsc3c2)c(F)c1. The van der Waals surface area contributed by atoms with Crippen LogP contribution in [-0.2, 0) is 6.54 Å². The number of anilines is 1. The molecule has 0 saturated carbocycles. The second-order valence-electron chi connectivity index (χ2n) is 4.35. The molecule has 0 saturated heterocycles. The van der Waals surface area contributed by atoms with Crippen LogP contribution in [0.2, 0.25) is 0 Å². The molecule has 3 nitrogen and oxygen atoms in total. The van der Waals surface area contributed by atoms with Crippen LogP contribution >= 0.6 is 11.3 Å². The molecule has 0 unspecified atom stereocenters. The molecule has 0 aliphatic carbocycles. The molecule has 102 valence electrons. The number of methoxy groups -OCH3 is 1. The normalized spacial score (nSPS) is 10.7. The van der Waals surface area contributed by atoms with Crippen molar-refractivity contribution in [3.05, 3.63) is 53.3 Å². The number of hydrogen-bond donors (Lipinski definition) is 1. The van der Waals surface area contributed by atoms with Gasteiger partial charge in [0.2, 0.25) is 0 Å². The second-order valence-corrected chi connectivity index (χ2v) is 5.23. The zero-order valence-electron chi connectivity index (χ0n) is 10.9. The van der Waals surface area contributed by atoms with Crippen molar-refractivity contribution in [2.45, 2.75) is 6.54 Å². The number of rotatable bonds is 4. The fraction of sp³-hybridized carbons (Fsp3) is 0.133. The smallest absolute Gasteiger partial charge is 0.131 e. The fourth-order valence-electron chi connectivity index (χ4n) is 1.96. The first kappa shape index (κ1) is 12.9. The van der Waals surface area contributed by atoms with E-state index < -0.39 is 0 Å². The highest BCUT2D eigenvalue weighted by Gasteiger charge is 2.04. The number of ether oxygens (including phenoxy) is 1. The average molecular weight is 288 g/mol. The number of hydrogen-bond acceptors (Lipinski definition) is 4. The van der Waals surface area contributed by atoms with Crippen molar-refractivity contribution in [1.29, 1.82) is 0 Å². The Morgan fingerprint density at radius 3 is 2.95 bits per heavy atom. The van der Waals surface area contributed by atoms with Crippen LogP contribution in [0.4, 0.5) is 10.1 Å². The third-order valence-electron chi connectivity index (χ3n) is 3.07. The van der Waals surface area contributed by atoms with Crippen LogP contribution in [0.15, 0.2) is 41.9 Å². The number of fused-ring (bicyclic) bond motifs is 1. The summed E-state index contributed by atoms with van der Waals surface area (Å²) in [5.74, 6) is 0.257. The van der Waals surface area contributed by atoms with E-state index in [9.17, 15) is 4.39 Å². The molecule has 0 fully saturated rings. The van der Waals surface area contributed by atoms with Gasteiger partial charge in [0.15, 0.2) is 0 Å². The first-order valence-electron chi connectivity index (χ1n) is 6.16. The topological polar surface area (TPSA) is 34.1 Å². The Morgan fingerprint density at radius 1 is 1.25 bits per heavy atom. The molecule has 5 heteroatoms. The largest absolute Gasteiger partial charge is 0.497 e. The first-order valence-corrected chi connectivity index (χ1v) is 7.04. The summed E-state index contributed by atoms with van der Waals surface area (Å²) in [4.78, 5) is 4.23. The van der Waals surface area contributed by atoms with Gasteiger partial charge in [0.1, 0.15) is 11.6 Å². The van der Waals surface area contributed by atoms with Crippen LogP contribution in [0.1, 0.15) is 5.56 Å². The quantitative estimate of drug-likeness (QED) is 0.786. The summed E-state index contributed by atoms with van der Waals surface area (Å²) in [5.41, 5.74) is 4.36. The molecule has 20 heavy (non-hydrogen) atoms. The molecule has 1 heterocycles. The maximum absolute atomic E-state index is 13.8. The van der Waals surface area contributed by atoms with E-state index in [2.05, 4.69) is 10.3 Å². The van der Waals surface area contributed by atoms with Gasteiger partial charge in [0.25, 0.3) is 0 Å². The average Bonchev–Trinajstić information content (AvgIpc) is 2.93. The number of aromatic nitrogens is 1. The predicted molar refractivity (Wildman–Crippen MR) is 79.9 cm³/mol. The highest BCUT2D eigenvalue weighted by molar-refractivity contribution is 7.16. The Kier molecular flexibility index (Phi) is 3.52. The Morgan fingerprint density at radius 2 is 2.15 bits per heavy atom. The van der Waals surface area contributed by atoms with Crippen LogP contribution in [0.25, 0.3) is 10.2 Å². The summed E-state index contributed by atoms with van der Waals surface area (Å²) >= 11 is 1.59. The van der Waals surface area contributed by atoms with E-state index >= 15 is 0 Å². The van der Waals surface area contributed by atoms with Crippen LogP contribution < -0.4 is 10.1 Å². The van der Waals surface area contributed by atoms with Crippen molar-refractivity contribution < 1.29 is 9.13 Å². The minimum atomic E-state index is -0.268. The molecule has 1 N–H and O–H groups in total. The van der Waals surface area contributed by atoms with Crippen molar-refractivity contribution in [2.24, 2.45) is 0 Å². The van der Waals surface area contributed by atoms with Crippen LogP contribution in [0.3, 0.4) is 0 Å². The molecule has 3 rings (SSSR count). The summed E-state index contributed by atoms with van der Waals surface area (Å²) in [6.07, 6.45) is 0. The van der Waals surface area contributed by atoms with E-state index in [1.54, 1.807) is 23.5 Å². The van der Waals surface area contributed by atoms with Gasteiger partial charge < -0.3 is 10.1 Å². The molecular formula is C15H13FN2OS. The maximum atomic E-state index is 13.8. The predicted octanol–water partition coefficient (Wildman–Crippen LogP) is 4.06. The minimum Gasteiger partial charge on any atom is -0.497 e. The molecule has 0 amide bonds. The van der Waals surface area contributed by atoms with Gasteiger partial charge in [-0.3, -0.25) is 0 Å². The van der Waals surface area contributed by atoms with Gasteiger partial charge in [-0.1, -0.05) is 6.07 Å². The van der Waals surface area contributed by atoms with E-state index in [-0.39, 0.29) is 5.82 Å². The van der Waals surface area contributed by atoms with Crippen LogP contribution in [0.5, 0.6) is 5.75 Å². The van der Waals surface area contributed by atoms with Gasteiger partial charge in [-0.2, -0.15) is 0 Å².